The van der Waals surface area contributed by atoms with Crippen LogP contribution in [0.15, 0.2) is 16.5 Å². The lowest BCUT2D eigenvalue weighted by Gasteiger charge is -1.96. The van der Waals surface area contributed by atoms with Crippen LogP contribution >= 0.6 is 0 Å². The van der Waals surface area contributed by atoms with Crippen LogP contribution in [0.25, 0.3) is 11.6 Å². The number of aromatic nitrogens is 2. The lowest BCUT2D eigenvalue weighted by molar-refractivity contribution is 0.0932. The van der Waals surface area contributed by atoms with E-state index in [2.05, 4.69) is 20.6 Å². The van der Waals surface area contributed by atoms with Gasteiger partial charge in [0.1, 0.15) is 5.69 Å². The number of aryl methyl sites for hydroxylation is 1. The third-order valence-electron chi connectivity index (χ3n) is 3.17. The van der Waals surface area contributed by atoms with Gasteiger partial charge in [-0.25, -0.2) is 4.98 Å². The number of H-pyrrole nitrogens is 1. The molecule has 0 bridgehead atoms. The molecule has 0 saturated carbocycles. The number of nitrogens with zero attached hydrogens (tertiary/aromatic N) is 1. The highest BCUT2D eigenvalue weighted by Gasteiger charge is 2.22. The van der Waals surface area contributed by atoms with Gasteiger partial charge < -0.3 is 20.0 Å². The molecule has 0 aliphatic carbocycles. The first-order chi connectivity index (χ1) is 9.69. The number of fused-ring (bicyclic) bond motifs is 1. The van der Waals surface area contributed by atoms with Crippen molar-refractivity contribution >= 4 is 11.8 Å². The zero-order chi connectivity index (χ0) is 14.1. The summed E-state index contributed by atoms with van der Waals surface area (Å²) < 4.78 is 5.43. The minimum absolute atomic E-state index is 0.182. The first-order valence-corrected chi connectivity index (χ1v) is 6.38. The molecule has 7 nitrogen and oxygen atoms in total. The van der Waals surface area contributed by atoms with Crippen molar-refractivity contribution in [1.29, 1.82) is 0 Å². The molecule has 0 radical (unpaired) electrons. The standard InChI is InChI=1S/C13H14N4O3/c1-14-12(18)9-5-4-8(20-9)11-16-7-3-2-6-15-13(19)10(7)17-11/h4-5H,2-3,6H2,1H3,(H,14,18)(H,15,19)(H,16,17). The summed E-state index contributed by atoms with van der Waals surface area (Å²) in [7, 11) is 1.53. The Kier molecular flexibility index (Phi) is 3.02. The van der Waals surface area contributed by atoms with Crippen LogP contribution in [0, 0.1) is 0 Å². The minimum atomic E-state index is -0.304. The quantitative estimate of drug-likeness (QED) is 0.750. The zero-order valence-electron chi connectivity index (χ0n) is 10.9. The summed E-state index contributed by atoms with van der Waals surface area (Å²) in [6.07, 6.45) is 1.62. The highest BCUT2D eigenvalue weighted by atomic mass is 16.4. The molecule has 2 amide bonds. The third-order valence-corrected chi connectivity index (χ3v) is 3.17. The maximum absolute atomic E-state index is 11.8. The number of carbonyl (C=O) groups is 2. The number of carbonyl (C=O) groups excluding carboxylic acids is 2. The van der Waals surface area contributed by atoms with Crippen LogP contribution in [-0.4, -0.2) is 35.4 Å². The molecule has 7 heteroatoms. The van der Waals surface area contributed by atoms with Crippen molar-refractivity contribution in [3.05, 3.63) is 29.3 Å². The highest BCUT2D eigenvalue weighted by Crippen LogP contribution is 2.22. The molecule has 1 aliphatic heterocycles. The lowest BCUT2D eigenvalue weighted by atomic mass is 10.2. The maximum atomic E-state index is 11.8. The summed E-state index contributed by atoms with van der Waals surface area (Å²) in [6, 6.07) is 3.22. The molecule has 0 unspecified atom stereocenters. The van der Waals surface area contributed by atoms with E-state index in [0.717, 1.165) is 18.5 Å². The van der Waals surface area contributed by atoms with Crippen molar-refractivity contribution in [3.8, 4) is 11.6 Å². The third kappa shape index (κ3) is 2.07. The number of imidazole rings is 1. The molecule has 20 heavy (non-hydrogen) atoms. The van der Waals surface area contributed by atoms with Crippen LogP contribution < -0.4 is 10.6 Å². The lowest BCUT2D eigenvalue weighted by Crippen LogP contribution is -2.23. The van der Waals surface area contributed by atoms with E-state index < -0.39 is 0 Å². The first-order valence-electron chi connectivity index (χ1n) is 6.38. The average Bonchev–Trinajstić information content (AvgIpc) is 3.06. The fraction of sp³-hybridized carbons (Fsp3) is 0.308. The molecule has 0 saturated heterocycles. The van der Waals surface area contributed by atoms with Crippen LogP contribution in [0.5, 0.6) is 0 Å². The smallest absolute Gasteiger partial charge is 0.286 e. The summed E-state index contributed by atoms with van der Waals surface area (Å²) in [4.78, 5) is 30.6. The number of aromatic amines is 1. The number of hydrogen-bond acceptors (Lipinski definition) is 4. The topological polar surface area (TPSA) is 100 Å². The van der Waals surface area contributed by atoms with Gasteiger partial charge in [-0.1, -0.05) is 0 Å². The van der Waals surface area contributed by atoms with Gasteiger partial charge in [0.2, 0.25) is 0 Å². The van der Waals surface area contributed by atoms with Crippen molar-refractivity contribution in [3.63, 3.8) is 0 Å². The van der Waals surface area contributed by atoms with Crippen LogP contribution in [-0.2, 0) is 6.42 Å². The van der Waals surface area contributed by atoms with E-state index >= 15 is 0 Å². The minimum Gasteiger partial charge on any atom is -0.448 e. The second-order valence-corrected chi connectivity index (χ2v) is 4.52. The zero-order valence-corrected chi connectivity index (χ0v) is 10.9. The molecule has 0 aromatic carbocycles. The molecule has 0 atom stereocenters. The van der Waals surface area contributed by atoms with Gasteiger partial charge in [0.25, 0.3) is 11.8 Å². The molecule has 3 N–H and O–H groups in total. The number of hydrogen-bond donors (Lipinski definition) is 3. The Hall–Kier alpha value is -2.57. The number of nitrogens with one attached hydrogen (secondary N) is 3. The predicted molar refractivity (Wildman–Crippen MR) is 70.3 cm³/mol. The summed E-state index contributed by atoms with van der Waals surface area (Å²) in [6.45, 7) is 0.653. The Labute approximate surface area is 114 Å². The molecule has 2 aromatic rings. The van der Waals surface area contributed by atoms with Crippen LogP contribution in [0.4, 0.5) is 0 Å². The number of amides is 2. The monoisotopic (exact) mass is 274 g/mol. The van der Waals surface area contributed by atoms with E-state index in [1.807, 2.05) is 0 Å². The van der Waals surface area contributed by atoms with Crippen molar-refractivity contribution in [2.45, 2.75) is 12.8 Å². The van der Waals surface area contributed by atoms with Crippen molar-refractivity contribution in [1.82, 2.24) is 20.6 Å². The second kappa shape index (κ2) is 4.84. The van der Waals surface area contributed by atoms with Gasteiger partial charge in [-0.3, -0.25) is 9.59 Å². The van der Waals surface area contributed by atoms with E-state index in [1.165, 1.54) is 7.05 Å². The summed E-state index contributed by atoms with van der Waals surface area (Å²) in [5.41, 5.74) is 1.20. The van der Waals surface area contributed by atoms with Crippen LogP contribution in [0.2, 0.25) is 0 Å². The van der Waals surface area contributed by atoms with Gasteiger partial charge in [0.15, 0.2) is 17.3 Å². The normalized spacial score (nSPS) is 14.3. The van der Waals surface area contributed by atoms with E-state index in [1.54, 1.807) is 12.1 Å². The van der Waals surface area contributed by atoms with E-state index in [4.69, 9.17) is 4.42 Å². The predicted octanol–water partition coefficient (Wildman–Crippen LogP) is 0.705. The van der Waals surface area contributed by atoms with Gasteiger partial charge in [-0.05, 0) is 25.0 Å². The van der Waals surface area contributed by atoms with Crippen molar-refractivity contribution < 1.29 is 14.0 Å². The molecule has 1 aliphatic rings. The largest absolute Gasteiger partial charge is 0.448 e. The van der Waals surface area contributed by atoms with Crippen LogP contribution in [0.1, 0.15) is 33.2 Å². The molecule has 2 aromatic heterocycles. The first kappa shape index (κ1) is 12.5. The highest BCUT2D eigenvalue weighted by molar-refractivity contribution is 5.94. The fourth-order valence-electron chi connectivity index (χ4n) is 2.16. The molecule has 3 heterocycles. The van der Waals surface area contributed by atoms with Gasteiger partial charge in [0.05, 0.1) is 0 Å². The van der Waals surface area contributed by atoms with E-state index in [9.17, 15) is 9.59 Å². The molecule has 104 valence electrons. The Morgan fingerprint density at radius 3 is 3.10 bits per heavy atom. The molecule has 0 spiro atoms. The average molecular weight is 274 g/mol. The Bertz CT molecular complexity index is 671. The van der Waals surface area contributed by atoms with Crippen LogP contribution in [0.3, 0.4) is 0 Å². The van der Waals surface area contributed by atoms with E-state index in [0.29, 0.717) is 23.8 Å². The Balaban J connectivity index is 1.95. The molecular weight excluding hydrogens is 260 g/mol. The SMILES string of the molecule is CNC(=O)c1ccc(-c2nc3c([nH]2)CCCNC3=O)o1. The van der Waals surface area contributed by atoms with Gasteiger partial charge >= 0.3 is 0 Å². The summed E-state index contributed by atoms with van der Waals surface area (Å²) >= 11 is 0. The maximum Gasteiger partial charge on any atom is 0.286 e. The van der Waals surface area contributed by atoms with E-state index in [-0.39, 0.29) is 17.6 Å². The molecule has 0 fully saturated rings. The fourth-order valence-corrected chi connectivity index (χ4v) is 2.16. The summed E-state index contributed by atoms with van der Waals surface area (Å²) in [5, 5.41) is 5.26. The molecular formula is C13H14N4O3. The number of furan rings is 1. The van der Waals surface area contributed by atoms with Crippen molar-refractivity contribution in [2.24, 2.45) is 0 Å². The Morgan fingerprint density at radius 1 is 1.45 bits per heavy atom. The number of rotatable bonds is 2. The summed E-state index contributed by atoms with van der Waals surface area (Å²) in [5.74, 6) is 0.616. The second-order valence-electron chi connectivity index (χ2n) is 4.52. The van der Waals surface area contributed by atoms with Gasteiger partial charge in [-0.2, -0.15) is 0 Å². The van der Waals surface area contributed by atoms with Gasteiger partial charge in [-0.15, -0.1) is 0 Å². The Morgan fingerprint density at radius 2 is 2.30 bits per heavy atom. The van der Waals surface area contributed by atoms with Gasteiger partial charge in [0, 0.05) is 19.3 Å². The van der Waals surface area contributed by atoms with Crippen molar-refractivity contribution in [2.75, 3.05) is 13.6 Å². The molecule has 3 rings (SSSR count).